The van der Waals surface area contributed by atoms with Crippen LogP contribution in [0, 0.1) is 0 Å². The molecule has 0 radical (unpaired) electrons. The van der Waals surface area contributed by atoms with Crippen LogP contribution in [0.25, 0.3) is 5.70 Å². The molecule has 10 heterocycles. The van der Waals surface area contributed by atoms with E-state index in [2.05, 4.69) is 209 Å². The van der Waals surface area contributed by atoms with Crippen LogP contribution in [0.15, 0.2) is 232 Å². The highest BCUT2D eigenvalue weighted by molar-refractivity contribution is 5.61. The van der Waals surface area contributed by atoms with Crippen LogP contribution < -0.4 is 31.9 Å². The van der Waals surface area contributed by atoms with Crippen molar-refractivity contribution >= 4 is 5.70 Å². The zero-order valence-corrected chi connectivity index (χ0v) is 44.4. The van der Waals surface area contributed by atoms with Gasteiger partial charge in [0.1, 0.15) is 0 Å². The zero-order chi connectivity index (χ0) is 50.9. The van der Waals surface area contributed by atoms with E-state index in [0.717, 1.165) is 97.3 Å². The summed E-state index contributed by atoms with van der Waals surface area (Å²) in [7, 11) is 0. The molecule has 17 rings (SSSR count). The van der Waals surface area contributed by atoms with E-state index in [1.54, 1.807) is 22.3 Å². The van der Waals surface area contributed by atoms with Gasteiger partial charge in [-0.15, -0.1) is 0 Å². The Morgan fingerprint density at radius 3 is 1.34 bits per heavy atom. The molecule has 4 aromatic rings. The van der Waals surface area contributed by atoms with Crippen LogP contribution >= 0.6 is 0 Å². The first-order valence-electron chi connectivity index (χ1n) is 28.3. The molecule has 6 aliphatic heterocycles. The summed E-state index contributed by atoms with van der Waals surface area (Å²) in [6.45, 7) is 9.30. The predicted octanol–water partition coefficient (Wildman–Crippen LogP) is 12.0. The van der Waals surface area contributed by atoms with Crippen molar-refractivity contribution in [1.29, 1.82) is 0 Å². The third-order valence-electron chi connectivity index (χ3n) is 16.6. The number of fused-ring (bicyclic) bond motifs is 5. The van der Waals surface area contributed by atoms with Crippen molar-refractivity contribution in [1.82, 2.24) is 50.2 Å². The van der Waals surface area contributed by atoms with E-state index in [0.29, 0.717) is 0 Å². The van der Waals surface area contributed by atoms with Crippen LogP contribution in [-0.4, -0.2) is 37.9 Å². The summed E-state index contributed by atoms with van der Waals surface area (Å²) in [6, 6.07) is 17.2. The minimum absolute atomic E-state index is 0.955. The molecule has 4 aromatic heterocycles. The second-order valence-corrected chi connectivity index (χ2v) is 21.6. The standard InChI is InChI=1S/C13H15N.4C11H12N2.C9H13N/c1-2-5-12-9-14-13-7-3-6-11(13)8-10(12)4-1;1-4-10-11(5-1)13-8-2-3-9(13)6-7-12-10;3*1-3-9-8-13-6-2-4-10(13)7-12-11(9)5-1;1-2-7-10-9-6-3-5-8(9)4-1/h1-3,7,14H,4-6,8-9H2;1-4,8,12H,5-7H2;3*1-2,4-6,12H,3,7-8H2;3,6,10H,1-2,4-5,7H2. The Morgan fingerprint density at radius 2 is 0.750 bits per heavy atom. The average molecular weight is 1010 g/mol. The lowest BCUT2D eigenvalue weighted by Gasteiger charge is -2.14. The molecule has 76 heavy (non-hydrogen) atoms. The van der Waals surface area contributed by atoms with Gasteiger partial charge in [-0.05, 0) is 189 Å². The van der Waals surface area contributed by atoms with E-state index in [1.165, 1.54) is 124 Å². The third-order valence-corrected chi connectivity index (χ3v) is 16.6. The number of rotatable bonds is 0. The monoisotopic (exact) mass is 1010 g/mol. The third kappa shape index (κ3) is 11.4. The molecule has 0 amide bonds. The fourth-order valence-corrected chi connectivity index (χ4v) is 12.3. The molecular weight excluding hydrogens is 933 g/mol. The first-order valence-corrected chi connectivity index (χ1v) is 28.3. The van der Waals surface area contributed by atoms with E-state index in [1.807, 2.05) is 0 Å². The van der Waals surface area contributed by atoms with Crippen LogP contribution in [0.4, 0.5) is 0 Å². The van der Waals surface area contributed by atoms with E-state index >= 15 is 0 Å². The van der Waals surface area contributed by atoms with Gasteiger partial charge in [0, 0.05) is 134 Å². The molecule has 0 atom stereocenters. The van der Waals surface area contributed by atoms with Gasteiger partial charge in [0.15, 0.2) is 0 Å². The van der Waals surface area contributed by atoms with Crippen LogP contribution in [-0.2, 0) is 45.7 Å². The number of allylic oxidation sites excluding steroid dienone is 21. The van der Waals surface area contributed by atoms with Gasteiger partial charge in [-0.25, -0.2) is 0 Å². The number of aromatic nitrogens is 4. The summed E-state index contributed by atoms with van der Waals surface area (Å²) in [5, 5.41) is 20.8. The van der Waals surface area contributed by atoms with Gasteiger partial charge in [-0.3, -0.25) is 0 Å². The number of hydrogen-bond donors (Lipinski definition) is 6. The summed E-state index contributed by atoms with van der Waals surface area (Å²) < 4.78 is 9.28. The lowest BCUT2D eigenvalue weighted by molar-refractivity contribution is 0.715. The van der Waals surface area contributed by atoms with Crippen LogP contribution in [0.2, 0.25) is 0 Å². The van der Waals surface area contributed by atoms with Gasteiger partial charge in [-0.2, -0.15) is 0 Å². The Bertz CT molecular complexity index is 3080. The molecule has 10 heteroatoms. The van der Waals surface area contributed by atoms with Crippen molar-refractivity contribution in [2.45, 2.75) is 123 Å². The molecule has 0 saturated heterocycles. The molecule has 13 aliphatic rings. The summed E-state index contributed by atoms with van der Waals surface area (Å²) >= 11 is 0. The van der Waals surface area contributed by atoms with Crippen LogP contribution in [0.1, 0.15) is 99.8 Å². The van der Waals surface area contributed by atoms with E-state index in [-0.39, 0.29) is 0 Å². The van der Waals surface area contributed by atoms with Gasteiger partial charge < -0.3 is 50.2 Å². The molecule has 0 aromatic carbocycles. The van der Waals surface area contributed by atoms with Gasteiger partial charge in [0.05, 0.1) is 25.3 Å². The Labute approximate surface area is 450 Å². The van der Waals surface area contributed by atoms with E-state index in [9.17, 15) is 0 Å². The maximum atomic E-state index is 3.54. The van der Waals surface area contributed by atoms with Crippen molar-refractivity contribution in [2.75, 3.05) is 19.6 Å². The molecule has 0 fully saturated rings. The first-order chi connectivity index (χ1) is 37.6. The van der Waals surface area contributed by atoms with Gasteiger partial charge in [0.2, 0.25) is 0 Å². The second kappa shape index (κ2) is 23.4. The summed E-state index contributed by atoms with van der Waals surface area (Å²) in [5.41, 5.74) is 26.1. The summed E-state index contributed by atoms with van der Waals surface area (Å²) in [6.07, 6.45) is 55.3. The molecular formula is C66H76N10. The van der Waals surface area contributed by atoms with E-state index in [4.69, 9.17) is 0 Å². The summed E-state index contributed by atoms with van der Waals surface area (Å²) in [4.78, 5) is 0. The van der Waals surface area contributed by atoms with Gasteiger partial charge >= 0.3 is 0 Å². The first kappa shape index (κ1) is 49.2. The maximum Gasteiger partial charge on any atom is 0.0553 e. The Kier molecular flexibility index (Phi) is 15.2. The van der Waals surface area contributed by atoms with E-state index < -0.39 is 0 Å². The SMILES string of the molecule is C1=CC2=C(C1)CCCCN2.C1=CC2=C(C1)Cn1cccc1CN2.C1=CC2=C(C1)Cn1cccc1CN2.C1=CC2=C(C1)Cn1cccc1CN2.C1=CC2=C(C1)n1cccc1CCN2.C1=CCC2=C(C1)CNC1=C(CC=C1)C2. The number of nitrogens with one attached hydrogen (secondary N) is 6. The van der Waals surface area contributed by atoms with Gasteiger partial charge in [0.25, 0.3) is 0 Å². The van der Waals surface area contributed by atoms with Crippen molar-refractivity contribution in [3.05, 3.63) is 254 Å². The molecule has 0 saturated carbocycles. The molecule has 0 spiro atoms. The fraction of sp³-hybridized carbons (Fsp3) is 0.333. The smallest absolute Gasteiger partial charge is 0.0553 e. The molecule has 0 unspecified atom stereocenters. The van der Waals surface area contributed by atoms with Gasteiger partial charge in [-0.1, -0.05) is 54.2 Å². The second-order valence-electron chi connectivity index (χ2n) is 21.6. The quantitative estimate of drug-likeness (QED) is 0.0984. The molecule has 7 aliphatic carbocycles. The maximum absolute atomic E-state index is 3.54. The van der Waals surface area contributed by atoms with Crippen molar-refractivity contribution < 1.29 is 0 Å². The topological polar surface area (TPSA) is 91.9 Å². The highest BCUT2D eigenvalue weighted by atomic mass is 15.1. The molecule has 390 valence electrons. The molecule has 6 N–H and O–H groups in total. The van der Waals surface area contributed by atoms with Crippen molar-refractivity contribution in [3.8, 4) is 0 Å². The summed E-state index contributed by atoms with van der Waals surface area (Å²) in [5.74, 6) is 0. The Balaban J connectivity index is 0.0000000922. The minimum atomic E-state index is 0.955. The van der Waals surface area contributed by atoms with Crippen molar-refractivity contribution in [2.24, 2.45) is 0 Å². The lowest BCUT2D eigenvalue weighted by Crippen LogP contribution is -2.15. The zero-order valence-electron chi connectivity index (χ0n) is 44.4. The Morgan fingerprint density at radius 1 is 0.316 bits per heavy atom. The number of hydrogen-bond acceptors (Lipinski definition) is 6. The van der Waals surface area contributed by atoms with Crippen molar-refractivity contribution in [3.63, 3.8) is 0 Å². The minimum Gasteiger partial charge on any atom is -0.385 e. The van der Waals surface area contributed by atoms with Crippen LogP contribution in [0.5, 0.6) is 0 Å². The Hall–Kier alpha value is -7.72. The lowest BCUT2D eigenvalue weighted by atomic mass is 9.92. The highest BCUT2D eigenvalue weighted by Crippen LogP contribution is 2.33. The largest absolute Gasteiger partial charge is 0.385 e. The molecule has 10 nitrogen and oxygen atoms in total. The highest BCUT2D eigenvalue weighted by Gasteiger charge is 2.21. The number of nitrogens with zero attached hydrogens (tertiary/aromatic N) is 4. The fourth-order valence-electron chi connectivity index (χ4n) is 12.3. The molecule has 0 bridgehead atoms. The average Bonchev–Trinajstić information content (AvgIpc) is 4.31. The normalized spacial score (nSPS) is 20.9. The predicted molar refractivity (Wildman–Crippen MR) is 311 cm³/mol. The van der Waals surface area contributed by atoms with Crippen LogP contribution in [0.3, 0.4) is 0 Å².